The number of fused-ring (bicyclic) bond motifs is 1. The number of aliphatic hydroxyl groups excluding tert-OH is 1. The highest BCUT2D eigenvalue weighted by atomic mass is 32.2. The second kappa shape index (κ2) is 16.0. The van der Waals surface area contributed by atoms with Crippen LogP contribution < -0.4 is 10.6 Å². The molecule has 9 heteroatoms. The van der Waals surface area contributed by atoms with Crippen molar-refractivity contribution in [2.24, 2.45) is 11.8 Å². The maximum atomic E-state index is 13.1. The number of anilines is 1. The first-order chi connectivity index (χ1) is 19.7. The van der Waals surface area contributed by atoms with Crippen molar-refractivity contribution in [2.45, 2.75) is 71.3 Å². The van der Waals surface area contributed by atoms with E-state index >= 15 is 0 Å². The highest BCUT2D eigenvalue weighted by molar-refractivity contribution is 8.02. The minimum Gasteiger partial charge on any atom is -0.394 e. The zero-order chi connectivity index (χ0) is 29.8. The molecule has 0 aromatic heterocycles. The highest BCUT2D eigenvalue weighted by Gasteiger charge is 2.31. The Bertz CT molecular complexity index is 1140. The number of nitriles is 1. The first kappa shape index (κ1) is 32.7. The molecule has 41 heavy (non-hydrogen) atoms. The lowest BCUT2D eigenvalue weighted by atomic mass is 9.75. The van der Waals surface area contributed by atoms with Gasteiger partial charge >= 0.3 is 0 Å². The monoisotopic (exact) mass is 581 g/mol. The van der Waals surface area contributed by atoms with Crippen molar-refractivity contribution in [1.82, 2.24) is 15.1 Å². The van der Waals surface area contributed by atoms with Gasteiger partial charge in [0.05, 0.1) is 12.1 Å². The number of rotatable bonds is 13. The Morgan fingerprint density at radius 1 is 1.24 bits per heavy atom. The van der Waals surface area contributed by atoms with Crippen LogP contribution in [0.15, 0.2) is 47.1 Å². The molecule has 0 bridgehead atoms. The maximum Gasteiger partial charge on any atom is 0.265 e. The van der Waals surface area contributed by atoms with Crippen LogP contribution in [0.2, 0.25) is 0 Å². The summed E-state index contributed by atoms with van der Waals surface area (Å²) in [4.78, 5) is 29.9. The Labute approximate surface area is 250 Å². The third kappa shape index (κ3) is 9.63. The lowest BCUT2D eigenvalue weighted by molar-refractivity contribution is -0.127. The molecule has 0 spiro atoms. The van der Waals surface area contributed by atoms with Crippen LogP contribution in [0, 0.1) is 23.2 Å². The molecular formula is C32H47N5O3S. The Morgan fingerprint density at radius 2 is 2.00 bits per heavy atom. The van der Waals surface area contributed by atoms with Gasteiger partial charge in [0.1, 0.15) is 16.7 Å². The third-order valence-corrected chi connectivity index (χ3v) is 8.95. The molecule has 1 aromatic carbocycles. The largest absolute Gasteiger partial charge is 0.394 e. The molecule has 2 fully saturated rings. The normalized spacial score (nSPS) is 20.1. The number of nitrogens with zero attached hydrogens (tertiary/aromatic N) is 3. The predicted octanol–water partition coefficient (Wildman–Crippen LogP) is 4.89. The van der Waals surface area contributed by atoms with Gasteiger partial charge in [0.15, 0.2) is 0 Å². The van der Waals surface area contributed by atoms with E-state index < -0.39 is 11.4 Å². The van der Waals surface area contributed by atoms with E-state index in [1.54, 1.807) is 32.4 Å². The number of likely N-dealkylation sites (tertiary alicyclic amines) is 1. The molecule has 2 aliphatic rings. The molecule has 1 aliphatic carbocycles. The van der Waals surface area contributed by atoms with Gasteiger partial charge in [-0.2, -0.15) is 5.26 Å². The number of hydrogen-bond donors (Lipinski definition) is 3. The Balaban J connectivity index is 1.54. The van der Waals surface area contributed by atoms with Crippen molar-refractivity contribution in [3.8, 4) is 6.07 Å². The van der Waals surface area contributed by atoms with Gasteiger partial charge in [-0.3, -0.25) is 9.59 Å². The molecule has 1 saturated heterocycles. The summed E-state index contributed by atoms with van der Waals surface area (Å²) in [5.74, 6) is 1.02. The summed E-state index contributed by atoms with van der Waals surface area (Å²) in [6.07, 6.45) is 13.4. The number of nitrogens with one attached hydrogen (secondary N) is 2. The number of aliphatic hydroxyl groups is 1. The van der Waals surface area contributed by atoms with Crippen LogP contribution in [-0.4, -0.2) is 71.3 Å². The summed E-state index contributed by atoms with van der Waals surface area (Å²) in [7, 11) is 0. The maximum absolute atomic E-state index is 13.1. The molecule has 2 atom stereocenters. The van der Waals surface area contributed by atoms with Gasteiger partial charge < -0.3 is 25.5 Å². The number of piperidine rings is 1. The fourth-order valence-corrected chi connectivity index (χ4v) is 6.59. The highest BCUT2D eigenvalue weighted by Crippen LogP contribution is 2.36. The lowest BCUT2D eigenvalue weighted by Crippen LogP contribution is -2.47. The fraction of sp³-hybridized carbons (Fsp3) is 0.594. The van der Waals surface area contributed by atoms with Crippen molar-refractivity contribution in [3.63, 3.8) is 0 Å². The number of carbonyl (C=O) groups is 2. The zero-order valence-electron chi connectivity index (χ0n) is 25.1. The average Bonchev–Trinajstić information content (AvgIpc) is 2.98. The van der Waals surface area contributed by atoms with E-state index in [4.69, 9.17) is 0 Å². The number of thioether (sulfide) groups is 1. The van der Waals surface area contributed by atoms with Crippen molar-refractivity contribution in [3.05, 3.63) is 52.7 Å². The van der Waals surface area contributed by atoms with E-state index in [1.165, 1.54) is 67.4 Å². The average molecular weight is 582 g/mol. The molecule has 1 aromatic rings. The Morgan fingerprint density at radius 3 is 2.68 bits per heavy atom. The molecule has 3 N–H and O–H groups in total. The quantitative estimate of drug-likeness (QED) is 0.225. The van der Waals surface area contributed by atoms with Gasteiger partial charge in [-0.25, -0.2) is 0 Å². The second-order valence-electron chi connectivity index (χ2n) is 11.7. The summed E-state index contributed by atoms with van der Waals surface area (Å²) < 4.78 is 0. The van der Waals surface area contributed by atoms with Crippen molar-refractivity contribution >= 4 is 29.3 Å². The minimum atomic E-state index is -0.887. The predicted molar refractivity (Wildman–Crippen MR) is 167 cm³/mol. The van der Waals surface area contributed by atoms with E-state index in [1.807, 2.05) is 19.1 Å². The fourth-order valence-electron chi connectivity index (χ4n) is 5.79. The molecule has 1 saturated carbocycles. The SMILES string of the molecule is CCN(C(=O)C/C=C\Nc1cccc(CCN2CC[C@H]3CCCC[C@@H]3C2)c1)/C(SC)=C(\C#N)C(=O)NC(C)(C)CO. The van der Waals surface area contributed by atoms with Crippen molar-refractivity contribution < 1.29 is 14.7 Å². The summed E-state index contributed by atoms with van der Waals surface area (Å²) in [5, 5.41) is 25.4. The van der Waals surface area contributed by atoms with Gasteiger partial charge in [0.25, 0.3) is 5.91 Å². The molecule has 0 unspecified atom stereocenters. The first-order valence-electron chi connectivity index (χ1n) is 14.9. The molecule has 2 amide bonds. The zero-order valence-corrected chi connectivity index (χ0v) is 25.9. The second-order valence-corrected chi connectivity index (χ2v) is 12.5. The Kier molecular flexibility index (Phi) is 12.8. The summed E-state index contributed by atoms with van der Waals surface area (Å²) in [5.41, 5.74) is 1.24. The van der Waals surface area contributed by atoms with Gasteiger partial charge in [-0.15, -0.1) is 11.8 Å². The van der Waals surface area contributed by atoms with Crippen LogP contribution >= 0.6 is 11.8 Å². The summed E-state index contributed by atoms with van der Waals surface area (Å²) in [6.45, 7) is 8.74. The van der Waals surface area contributed by atoms with E-state index in [9.17, 15) is 20.0 Å². The Hall–Kier alpha value is -2.80. The van der Waals surface area contributed by atoms with E-state index in [-0.39, 0.29) is 24.5 Å². The third-order valence-electron chi connectivity index (χ3n) is 8.14. The molecule has 8 nitrogen and oxygen atoms in total. The van der Waals surface area contributed by atoms with Crippen LogP contribution in [0.1, 0.15) is 64.9 Å². The summed E-state index contributed by atoms with van der Waals surface area (Å²) >= 11 is 1.18. The van der Waals surface area contributed by atoms with Crippen molar-refractivity contribution in [1.29, 1.82) is 5.26 Å². The van der Waals surface area contributed by atoms with E-state index in [0.717, 1.165) is 30.5 Å². The smallest absolute Gasteiger partial charge is 0.265 e. The lowest BCUT2D eigenvalue weighted by Gasteiger charge is -2.41. The minimum absolute atomic E-state index is 0.115. The van der Waals surface area contributed by atoms with Gasteiger partial charge in [0.2, 0.25) is 5.91 Å². The van der Waals surface area contributed by atoms with Gasteiger partial charge in [-0.05, 0) is 88.6 Å². The van der Waals surface area contributed by atoms with Crippen molar-refractivity contribution in [2.75, 3.05) is 44.4 Å². The first-order valence-corrected chi connectivity index (χ1v) is 16.1. The summed E-state index contributed by atoms with van der Waals surface area (Å²) in [6, 6.07) is 10.4. The molecule has 0 radical (unpaired) electrons. The molecular weight excluding hydrogens is 534 g/mol. The number of hydrogen-bond acceptors (Lipinski definition) is 7. The van der Waals surface area contributed by atoms with Crippen LogP contribution in [-0.2, 0) is 16.0 Å². The van der Waals surface area contributed by atoms with Crippen LogP contribution in [0.3, 0.4) is 0 Å². The van der Waals surface area contributed by atoms with Gasteiger partial charge in [0, 0.05) is 31.7 Å². The van der Waals surface area contributed by atoms with Crippen LogP contribution in [0.25, 0.3) is 0 Å². The van der Waals surface area contributed by atoms with Crippen LogP contribution in [0.4, 0.5) is 5.69 Å². The van der Waals surface area contributed by atoms with E-state index in [0.29, 0.717) is 11.6 Å². The number of amides is 2. The number of carbonyl (C=O) groups excluding carboxylic acids is 2. The number of benzene rings is 1. The van der Waals surface area contributed by atoms with Gasteiger partial charge in [-0.1, -0.05) is 37.5 Å². The van der Waals surface area contributed by atoms with Crippen LogP contribution in [0.5, 0.6) is 0 Å². The molecule has 1 aliphatic heterocycles. The molecule has 3 rings (SSSR count). The standard InChI is InChI=1S/C32H47N5O3S/c1-5-37(31(41-4)28(21-33)30(40)35-32(2,3)23-38)29(39)14-9-17-34-27-13-8-10-24(20-27)15-18-36-19-16-25-11-6-7-12-26(25)22-36/h8-10,13,17,20,25-26,34,38H,5-7,11-12,14-16,18-19,22-23H2,1-4H3,(H,35,40)/b17-9-,31-28-/t25-,26-/m1/s1. The molecule has 1 heterocycles. The van der Waals surface area contributed by atoms with E-state index in [2.05, 4.69) is 33.7 Å². The topological polar surface area (TPSA) is 109 Å². The molecule has 224 valence electrons.